The molecule has 10 heteroatoms. The van der Waals surface area contributed by atoms with E-state index in [1.165, 1.54) is 21.5 Å². The van der Waals surface area contributed by atoms with Crippen LogP contribution in [-0.2, 0) is 33.2 Å². The second kappa shape index (κ2) is 13.8. The van der Waals surface area contributed by atoms with Gasteiger partial charge in [-0.3, -0.25) is 0 Å². The van der Waals surface area contributed by atoms with Gasteiger partial charge < -0.3 is 0 Å². The molecule has 0 saturated heterocycles. The summed E-state index contributed by atoms with van der Waals surface area (Å²) in [6.45, 7) is 5.56. The van der Waals surface area contributed by atoms with Crippen LogP contribution in [0.1, 0.15) is 42.0 Å². The maximum atomic E-state index is 13.3. The van der Waals surface area contributed by atoms with Gasteiger partial charge in [0.15, 0.2) is 0 Å². The molecule has 0 bridgehead atoms. The molecule has 0 amide bonds. The van der Waals surface area contributed by atoms with Crippen molar-refractivity contribution in [2.45, 2.75) is 39.0 Å². The maximum absolute atomic E-state index is 13.3. The van der Waals surface area contributed by atoms with Crippen molar-refractivity contribution in [2.75, 3.05) is 0 Å². The molecule has 0 N–H and O–H groups in total. The zero-order chi connectivity index (χ0) is 31.5. The first-order chi connectivity index (χ1) is 20.2. The molecule has 0 fully saturated rings. The minimum atomic E-state index is -4.87. The zero-order valence-electron chi connectivity index (χ0n) is 23.2. The third kappa shape index (κ3) is 7.89. The average Bonchev–Trinajstić information content (AvgIpc) is 3.51. The van der Waals surface area contributed by atoms with Gasteiger partial charge in [-0.2, -0.15) is 61.9 Å². The Morgan fingerprint density at radius 3 is 2.02 bits per heavy atom. The topological polar surface area (TPSA) is 0 Å². The Bertz CT molecular complexity index is 1650. The van der Waals surface area contributed by atoms with Crippen LogP contribution < -0.4 is 10.4 Å². The van der Waals surface area contributed by atoms with Crippen molar-refractivity contribution in [2.24, 2.45) is 0 Å². The minimum absolute atomic E-state index is 0.0662. The first-order valence-electron chi connectivity index (χ1n) is 13.1. The molecule has 43 heavy (non-hydrogen) atoms. The fraction of sp³-hybridized carbons (Fsp3) is 0.182. The van der Waals surface area contributed by atoms with E-state index in [1.807, 2.05) is 39.0 Å². The van der Waals surface area contributed by atoms with Crippen LogP contribution in [0, 0.1) is 13.0 Å². The molecule has 0 spiro atoms. The SMILES string of the molecule is Cc1cc2c(-c3cc(C(F)(F)F)cc(C(F)(F)F)c3)c(C(C)C)ccc2[cH-]1.[Cl][Zr+2][Cl].[c-]1cccc2c1[Si]c1ccccc1-2. The molecule has 1 aliphatic rings. The van der Waals surface area contributed by atoms with E-state index in [4.69, 9.17) is 17.0 Å². The quantitative estimate of drug-likeness (QED) is 0.0948. The molecule has 5 aromatic carbocycles. The molecular formula is C33H24Cl2F6SiZr. The number of hydrogen-bond acceptors (Lipinski definition) is 0. The molecule has 0 aromatic heterocycles. The zero-order valence-corrected chi connectivity index (χ0v) is 28.2. The van der Waals surface area contributed by atoms with Crippen molar-refractivity contribution in [3.05, 3.63) is 113 Å². The number of aryl methyl sites for hydroxylation is 1. The Hall–Kier alpha value is -2.25. The molecule has 2 radical (unpaired) electrons. The van der Waals surface area contributed by atoms with Gasteiger partial charge in [-0.15, -0.1) is 40.1 Å². The smallest absolute Gasteiger partial charge is 0.0920 e. The van der Waals surface area contributed by atoms with Crippen molar-refractivity contribution in [1.29, 1.82) is 0 Å². The van der Waals surface area contributed by atoms with Crippen molar-refractivity contribution >= 4 is 47.7 Å². The van der Waals surface area contributed by atoms with Crippen LogP contribution in [0.3, 0.4) is 0 Å². The van der Waals surface area contributed by atoms with Crippen LogP contribution in [0.15, 0.2) is 84.9 Å². The van der Waals surface area contributed by atoms with Gasteiger partial charge in [-0.1, -0.05) is 66.9 Å². The number of halogens is 8. The van der Waals surface area contributed by atoms with Crippen LogP contribution in [0.2, 0.25) is 0 Å². The fourth-order valence-corrected chi connectivity index (χ4v) is 6.39. The summed E-state index contributed by atoms with van der Waals surface area (Å²) >= 11 is -0.826. The maximum Gasteiger partial charge on any atom is 0.0920 e. The summed E-state index contributed by atoms with van der Waals surface area (Å²) < 4.78 is 79.6. The second-order valence-corrected chi connectivity index (χ2v) is 15.2. The van der Waals surface area contributed by atoms with Crippen LogP contribution in [0.5, 0.6) is 0 Å². The number of alkyl halides is 6. The van der Waals surface area contributed by atoms with E-state index in [0.717, 1.165) is 32.6 Å². The summed E-state index contributed by atoms with van der Waals surface area (Å²) in [6, 6.07) is 27.2. The summed E-state index contributed by atoms with van der Waals surface area (Å²) in [5, 5.41) is 4.27. The summed E-state index contributed by atoms with van der Waals surface area (Å²) in [5.41, 5.74) is 2.12. The summed E-state index contributed by atoms with van der Waals surface area (Å²) in [7, 11) is 10.7. The van der Waals surface area contributed by atoms with Crippen molar-refractivity contribution in [3.63, 3.8) is 0 Å². The van der Waals surface area contributed by atoms with E-state index in [9.17, 15) is 26.3 Å². The Morgan fingerprint density at radius 1 is 0.814 bits per heavy atom. The second-order valence-electron chi connectivity index (χ2n) is 10.2. The Labute approximate surface area is 267 Å². The van der Waals surface area contributed by atoms with Gasteiger partial charge in [0.1, 0.15) is 0 Å². The predicted molar refractivity (Wildman–Crippen MR) is 161 cm³/mol. The molecular weight excluding hydrogens is 701 g/mol. The third-order valence-electron chi connectivity index (χ3n) is 6.90. The van der Waals surface area contributed by atoms with E-state index in [2.05, 4.69) is 42.5 Å². The van der Waals surface area contributed by atoms with E-state index in [1.54, 1.807) is 12.1 Å². The predicted octanol–water partition coefficient (Wildman–Crippen LogP) is 10.2. The van der Waals surface area contributed by atoms with Crippen LogP contribution in [0.25, 0.3) is 33.0 Å². The van der Waals surface area contributed by atoms with Crippen molar-refractivity contribution in [3.8, 4) is 22.3 Å². The van der Waals surface area contributed by atoms with Gasteiger partial charge in [-0.05, 0) is 29.7 Å². The van der Waals surface area contributed by atoms with E-state index < -0.39 is 44.3 Å². The fourth-order valence-electron chi connectivity index (χ4n) is 5.08. The Kier molecular flexibility index (Phi) is 10.8. The van der Waals surface area contributed by atoms with Crippen LogP contribution >= 0.6 is 17.0 Å². The first kappa shape index (κ1) is 33.6. The number of fused-ring (bicyclic) bond motifs is 4. The average molecular weight is 725 g/mol. The molecule has 1 aliphatic heterocycles. The largest absolute Gasteiger partial charge is 0.184 e. The van der Waals surface area contributed by atoms with Crippen LogP contribution in [0.4, 0.5) is 26.3 Å². The van der Waals surface area contributed by atoms with Crippen molar-refractivity contribution in [1.82, 2.24) is 0 Å². The van der Waals surface area contributed by atoms with Gasteiger partial charge in [0.2, 0.25) is 0 Å². The van der Waals surface area contributed by atoms with Gasteiger partial charge in [0, 0.05) is 0 Å². The van der Waals surface area contributed by atoms with Crippen molar-refractivity contribution < 1.29 is 47.2 Å². The summed E-state index contributed by atoms with van der Waals surface area (Å²) in [4.78, 5) is 0. The third-order valence-corrected chi connectivity index (χ3v) is 8.27. The molecule has 1 heterocycles. The van der Waals surface area contributed by atoms with Gasteiger partial charge in [0.05, 0.1) is 20.6 Å². The van der Waals surface area contributed by atoms with Gasteiger partial charge in [-0.25, -0.2) is 0 Å². The minimum Gasteiger partial charge on any atom is -0.184 e. The molecule has 0 atom stereocenters. The van der Waals surface area contributed by atoms with E-state index >= 15 is 0 Å². The van der Waals surface area contributed by atoms with Gasteiger partial charge in [0.25, 0.3) is 0 Å². The number of hydrogen-bond donors (Lipinski definition) is 0. The number of benzene rings is 4. The standard InChI is InChI=1S/C21H17F6.C12H7Si.2ClH.Zr/c1-11(2)17-5-4-13-6-12(3)7-18(13)19(17)14-8-15(20(22,23)24)10-16(9-14)21(25,26)27;1-3-7-11-9(5-1)10-6-2-4-8-12(10)13-11;;;/h4-11H,1-3H3;1-7H;2*1H;/q2*-1;;;+4/p-2. The van der Waals surface area contributed by atoms with E-state index in [0.29, 0.717) is 16.5 Å². The first-order valence-corrected chi connectivity index (χ1v) is 20.4. The molecule has 0 unspecified atom stereocenters. The molecule has 0 nitrogen and oxygen atoms in total. The number of rotatable bonds is 2. The molecule has 0 aliphatic carbocycles. The monoisotopic (exact) mass is 722 g/mol. The normalized spacial score (nSPS) is 12.1. The molecule has 220 valence electrons. The Morgan fingerprint density at radius 2 is 1.42 bits per heavy atom. The Balaban J connectivity index is 0.000000217. The summed E-state index contributed by atoms with van der Waals surface area (Å²) in [6.07, 6.45) is -9.74. The molecule has 0 saturated carbocycles. The summed E-state index contributed by atoms with van der Waals surface area (Å²) in [5.74, 6) is -0.0662. The van der Waals surface area contributed by atoms with E-state index in [-0.39, 0.29) is 17.5 Å². The van der Waals surface area contributed by atoms with Crippen LogP contribution in [-0.4, -0.2) is 9.52 Å². The molecule has 5 aromatic rings. The van der Waals surface area contributed by atoms with Gasteiger partial charge >= 0.3 is 50.2 Å². The molecule has 6 rings (SSSR count).